The third kappa shape index (κ3) is 10.3. The maximum atomic E-state index is 14.0. The summed E-state index contributed by atoms with van der Waals surface area (Å²) >= 11 is 0. The fourth-order valence-electron chi connectivity index (χ4n) is 12.3. The molecule has 2 saturated carbocycles. The van der Waals surface area contributed by atoms with Gasteiger partial charge in [0, 0.05) is 43.3 Å². The lowest BCUT2D eigenvalue weighted by Gasteiger charge is -2.54. The zero-order valence-corrected chi connectivity index (χ0v) is 36.7. The smallest absolute Gasteiger partial charge is 0.326 e. The molecule has 2 aromatic carbocycles. The lowest BCUT2D eigenvalue weighted by atomic mass is 9.78. The normalized spacial score (nSPS) is 26.5. The molecule has 2 aliphatic carbocycles. The number of methoxy groups -OCH3 is 1. The molecule has 0 radical (unpaired) electrons. The number of carbonyl (C=O) groups excluding carboxylic acids is 5. The van der Waals surface area contributed by atoms with E-state index >= 15 is 0 Å². The zero-order chi connectivity index (χ0) is 43.2. The van der Waals surface area contributed by atoms with E-state index < -0.39 is 11.4 Å². The summed E-state index contributed by atoms with van der Waals surface area (Å²) in [5, 5.41) is 5.65. The van der Waals surface area contributed by atoms with Crippen molar-refractivity contribution >= 4 is 52.3 Å². The number of rotatable bonds is 5. The van der Waals surface area contributed by atoms with E-state index in [1.54, 1.807) is 4.90 Å². The number of nitrogens with one attached hydrogen (secondary N) is 2. The number of halogens is 1. The van der Waals surface area contributed by atoms with E-state index in [0.29, 0.717) is 49.4 Å². The van der Waals surface area contributed by atoms with Gasteiger partial charge in [-0.25, -0.2) is 4.39 Å². The number of esters is 1. The van der Waals surface area contributed by atoms with Gasteiger partial charge in [-0.1, -0.05) is 90.2 Å². The van der Waals surface area contributed by atoms with Gasteiger partial charge in [-0.3, -0.25) is 33.8 Å². The summed E-state index contributed by atoms with van der Waals surface area (Å²) in [4.78, 5) is 72.1. The second-order valence-electron chi connectivity index (χ2n) is 19.0. The van der Waals surface area contributed by atoms with Crippen molar-refractivity contribution in [3.63, 3.8) is 0 Å². The van der Waals surface area contributed by atoms with E-state index in [1.165, 1.54) is 95.9 Å². The zero-order valence-electron chi connectivity index (χ0n) is 36.7. The highest BCUT2D eigenvalue weighted by molar-refractivity contribution is 6.15. The van der Waals surface area contributed by atoms with Crippen molar-refractivity contribution in [1.82, 2.24) is 9.80 Å². The van der Waals surface area contributed by atoms with Crippen LogP contribution in [-0.2, 0) is 28.7 Å². The molecule has 5 fully saturated rings. The highest BCUT2D eigenvalue weighted by atomic mass is 19.1. The third-order valence-electron chi connectivity index (χ3n) is 15.1. The van der Waals surface area contributed by atoms with E-state index in [2.05, 4.69) is 20.4 Å². The van der Waals surface area contributed by atoms with Crippen LogP contribution in [0.15, 0.2) is 42.5 Å². The lowest BCUT2D eigenvalue weighted by molar-refractivity contribution is -0.158. The number of para-hydroxylation sites is 2. The first-order valence-electron chi connectivity index (χ1n) is 23.9. The van der Waals surface area contributed by atoms with Gasteiger partial charge in [0.05, 0.1) is 29.9 Å². The Labute approximate surface area is 374 Å². The number of likely N-dealkylation sites (tertiary alicyclic amines) is 1. The van der Waals surface area contributed by atoms with E-state index in [-0.39, 0.29) is 62.0 Å². The first-order valence-corrected chi connectivity index (χ1v) is 23.9. The Kier molecular flexibility index (Phi) is 15.6. The van der Waals surface area contributed by atoms with Crippen LogP contribution in [0.25, 0.3) is 0 Å². The molecule has 3 saturated heterocycles. The Balaban J connectivity index is 0.000000186. The molecule has 13 heteroatoms. The third-order valence-corrected chi connectivity index (χ3v) is 15.1. The molecule has 12 nitrogen and oxygen atoms in total. The van der Waals surface area contributed by atoms with Gasteiger partial charge in [-0.15, -0.1) is 0 Å². The molecule has 344 valence electrons. The van der Waals surface area contributed by atoms with Crippen molar-refractivity contribution in [2.24, 2.45) is 0 Å². The van der Waals surface area contributed by atoms with Crippen molar-refractivity contribution in [3.05, 3.63) is 48.3 Å². The van der Waals surface area contributed by atoms with E-state index in [0.717, 1.165) is 68.8 Å². The summed E-state index contributed by atoms with van der Waals surface area (Å²) in [5.41, 5.74) is 1.92. The molecule has 0 aromatic heterocycles. The van der Waals surface area contributed by atoms with Crippen molar-refractivity contribution in [3.8, 4) is 0 Å². The van der Waals surface area contributed by atoms with E-state index in [4.69, 9.17) is 4.74 Å². The number of fused-ring (bicyclic) bond motifs is 4. The predicted octanol–water partition coefficient (Wildman–Crippen LogP) is 9.12. The molecule has 5 heterocycles. The van der Waals surface area contributed by atoms with Crippen LogP contribution < -0.4 is 20.4 Å². The second-order valence-corrected chi connectivity index (χ2v) is 19.0. The van der Waals surface area contributed by atoms with Gasteiger partial charge < -0.3 is 25.2 Å². The molecule has 2 N–H and O–H groups in total. The second kappa shape index (κ2) is 21.1. The van der Waals surface area contributed by atoms with Crippen LogP contribution in [0.2, 0.25) is 0 Å². The highest BCUT2D eigenvalue weighted by Crippen LogP contribution is 2.43. The summed E-state index contributed by atoms with van der Waals surface area (Å²) in [6, 6.07) is 13.9. The maximum absolute atomic E-state index is 14.0. The standard InChI is InChI=1S/C25H35N3O2.C24H32FN3O4.CH4/c29-24-17-25(30)28(23-14-7-6-13-22(23)26-24)21-15-19-11-8-12-20(16-21)27(19)18-9-4-2-1-3-5-10-18;1-32-23(31)24(11-5-3-2-4-6-12-24)27-13-9-18(10-14-27)28-20-15-17(25)7-8-19(20)26-21(29)16-22(28)30;/h6-7,13-14,18-21H,1-5,8-12,15-17H2,(H,26,29);7-8,15,18H,2-6,9-14,16H2,1H3,(H,26,29);1H4/t19-,20+,21?;;. The van der Waals surface area contributed by atoms with E-state index in [9.17, 15) is 28.4 Å². The van der Waals surface area contributed by atoms with Crippen LogP contribution >= 0.6 is 0 Å². The quantitative estimate of drug-likeness (QED) is 0.225. The Morgan fingerprint density at radius 1 is 0.619 bits per heavy atom. The average Bonchev–Trinajstić information content (AvgIpc) is 3.44. The van der Waals surface area contributed by atoms with E-state index in [1.807, 2.05) is 29.2 Å². The SMILES string of the molecule is C.COC(=O)C1(N2CCC(N3C(=O)CC(=O)Nc4ccc(F)cc43)CC2)CCCCCCC1.O=C1CC(=O)N(C2C[C@H]3CCC[C@@H](C2)N3C2CCCCCCC2)c2ccccc2N1. The first-order chi connectivity index (χ1) is 30.1. The Morgan fingerprint density at radius 3 is 1.75 bits per heavy atom. The van der Waals surface area contributed by atoms with Crippen LogP contribution in [-0.4, -0.2) is 95.3 Å². The number of nitrogens with zero attached hydrogens (tertiary/aromatic N) is 4. The molecule has 5 aliphatic heterocycles. The summed E-state index contributed by atoms with van der Waals surface area (Å²) in [7, 11) is 1.46. The minimum absolute atomic E-state index is 0. The molecule has 0 spiro atoms. The Bertz CT molecular complexity index is 1920. The predicted molar refractivity (Wildman–Crippen MR) is 245 cm³/mol. The van der Waals surface area contributed by atoms with Crippen molar-refractivity contribution in [2.75, 3.05) is 40.6 Å². The van der Waals surface area contributed by atoms with Crippen LogP contribution in [0.4, 0.5) is 27.1 Å². The number of carbonyl (C=O) groups is 5. The number of hydrogen-bond donors (Lipinski definition) is 2. The molecular formula is C50H71FN6O6. The fourth-order valence-corrected chi connectivity index (χ4v) is 12.3. The Morgan fingerprint density at radius 2 is 1.14 bits per heavy atom. The van der Waals surface area contributed by atoms with Crippen LogP contribution in [0.3, 0.4) is 0 Å². The van der Waals surface area contributed by atoms with Gasteiger partial charge in [-0.05, 0) is 94.5 Å². The number of amides is 4. The molecule has 3 atom stereocenters. The molecular weight excluding hydrogens is 800 g/mol. The van der Waals surface area contributed by atoms with Crippen LogP contribution in [0.5, 0.6) is 0 Å². The molecule has 9 rings (SSSR count). The molecule has 4 amide bonds. The molecule has 63 heavy (non-hydrogen) atoms. The van der Waals surface area contributed by atoms with Crippen molar-refractivity contribution < 1.29 is 33.1 Å². The monoisotopic (exact) mass is 871 g/mol. The molecule has 2 bridgehead atoms. The van der Waals surface area contributed by atoms with Crippen molar-refractivity contribution in [2.45, 2.75) is 191 Å². The number of anilines is 4. The van der Waals surface area contributed by atoms with Gasteiger partial charge in [0.25, 0.3) is 0 Å². The van der Waals surface area contributed by atoms with Gasteiger partial charge >= 0.3 is 5.97 Å². The Hall–Kier alpha value is -4.36. The first kappa shape index (κ1) is 46.6. The average molecular weight is 871 g/mol. The maximum Gasteiger partial charge on any atom is 0.326 e. The topological polar surface area (TPSA) is 132 Å². The minimum Gasteiger partial charge on any atom is -0.468 e. The van der Waals surface area contributed by atoms with Crippen LogP contribution in [0, 0.1) is 5.82 Å². The molecule has 2 aromatic rings. The van der Waals surface area contributed by atoms with Gasteiger partial charge in [0.15, 0.2) is 0 Å². The number of benzene rings is 2. The fraction of sp³-hybridized carbons (Fsp3) is 0.660. The van der Waals surface area contributed by atoms with Crippen LogP contribution in [0.1, 0.15) is 155 Å². The van der Waals surface area contributed by atoms with Gasteiger partial charge in [0.2, 0.25) is 23.6 Å². The van der Waals surface area contributed by atoms with Gasteiger partial charge in [0.1, 0.15) is 24.2 Å². The highest BCUT2D eigenvalue weighted by Gasteiger charge is 2.48. The molecule has 7 aliphatic rings. The minimum atomic E-state index is -0.607. The summed E-state index contributed by atoms with van der Waals surface area (Å²) < 4.78 is 19.3. The summed E-state index contributed by atoms with van der Waals surface area (Å²) in [5.74, 6) is -1.55. The van der Waals surface area contributed by atoms with Crippen molar-refractivity contribution in [1.29, 1.82) is 0 Å². The number of hydrogen-bond acceptors (Lipinski definition) is 8. The largest absolute Gasteiger partial charge is 0.468 e. The summed E-state index contributed by atoms with van der Waals surface area (Å²) in [6.07, 6.45) is 23.6. The van der Waals surface area contributed by atoms with Gasteiger partial charge in [-0.2, -0.15) is 0 Å². The lowest BCUT2D eigenvalue weighted by Crippen LogP contribution is -2.60. The number of ether oxygens (including phenoxy) is 1. The molecule has 1 unspecified atom stereocenters. The number of piperidine rings is 3. The summed E-state index contributed by atoms with van der Waals surface area (Å²) in [6.45, 7) is 1.30.